The third-order valence-electron chi connectivity index (χ3n) is 4.51. The van der Waals surface area contributed by atoms with Gasteiger partial charge >= 0.3 is 0 Å². The lowest BCUT2D eigenvalue weighted by Crippen LogP contribution is -2.56. The molecular weight excluding hydrogens is 324 g/mol. The van der Waals surface area contributed by atoms with Crippen LogP contribution in [-0.2, 0) is 14.4 Å². The van der Waals surface area contributed by atoms with Crippen LogP contribution < -0.4 is 16.4 Å². The molecule has 0 spiro atoms. The van der Waals surface area contributed by atoms with Gasteiger partial charge in [-0.1, -0.05) is 25.1 Å². The van der Waals surface area contributed by atoms with Crippen LogP contribution in [0.4, 0.5) is 5.69 Å². The fourth-order valence-electron chi connectivity index (χ4n) is 3.11. The van der Waals surface area contributed by atoms with Crippen molar-refractivity contribution in [2.45, 2.75) is 38.1 Å². The molecule has 5 atom stereocenters. The van der Waals surface area contributed by atoms with Gasteiger partial charge in [-0.15, -0.1) is 0 Å². The number of nitrogens with zero attached hydrogens (tertiary/aromatic N) is 1. The molecule has 8 heteroatoms. The Balaban J connectivity index is 2.13. The fourth-order valence-corrected chi connectivity index (χ4v) is 3.11. The first-order valence-electron chi connectivity index (χ1n) is 8.10. The van der Waals surface area contributed by atoms with Crippen LogP contribution in [0.25, 0.3) is 0 Å². The molecule has 0 aromatic heterocycles. The van der Waals surface area contributed by atoms with E-state index in [9.17, 15) is 19.5 Å². The molecule has 3 unspecified atom stereocenters. The molecule has 1 fully saturated rings. The summed E-state index contributed by atoms with van der Waals surface area (Å²) in [7, 11) is 1.39. The first kappa shape index (κ1) is 18.7. The highest BCUT2D eigenvalue weighted by atomic mass is 16.3. The third kappa shape index (κ3) is 3.90. The average Bonchev–Trinajstić information content (AvgIpc) is 2.82. The normalized spacial score (nSPS) is 25.0. The van der Waals surface area contributed by atoms with Crippen molar-refractivity contribution >= 4 is 23.4 Å². The molecule has 1 aliphatic heterocycles. The smallest absolute Gasteiger partial charge is 0.246 e. The molecule has 1 saturated heterocycles. The molecule has 136 valence electrons. The van der Waals surface area contributed by atoms with Crippen molar-refractivity contribution in [2.24, 2.45) is 11.7 Å². The minimum atomic E-state index is -1.15. The summed E-state index contributed by atoms with van der Waals surface area (Å²) >= 11 is 0. The lowest BCUT2D eigenvalue weighted by atomic mass is 9.96. The standard InChI is InChI=1S/C17H24N4O4/c1-9-12(19-11-7-5-4-6-8-11)16(24)20-13(9)17(25)21(3)14(10(2)22)15(18)23/h4-10,12-14,19,22H,1-3H3,(H2,18,23)(H,20,24)/t9?,10-,12?,13?,14+/m1/s1. The van der Waals surface area contributed by atoms with Crippen LogP contribution in [0.3, 0.4) is 0 Å². The van der Waals surface area contributed by atoms with Crippen molar-refractivity contribution in [3.05, 3.63) is 30.3 Å². The lowest BCUT2D eigenvalue weighted by molar-refractivity contribution is -0.143. The monoisotopic (exact) mass is 348 g/mol. The van der Waals surface area contributed by atoms with Crippen molar-refractivity contribution in [2.75, 3.05) is 12.4 Å². The Morgan fingerprint density at radius 1 is 1.32 bits per heavy atom. The minimum Gasteiger partial charge on any atom is -0.391 e. The molecular formula is C17H24N4O4. The summed E-state index contributed by atoms with van der Waals surface area (Å²) in [5, 5.41) is 15.5. The van der Waals surface area contributed by atoms with E-state index in [0.717, 1.165) is 10.6 Å². The van der Waals surface area contributed by atoms with Gasteiger partial charge in [-0.3, -0.25) is 14.4 Å². The van der Waals surface area contributed by atoms with Gasteiger partial charge in [-0.25, -0.2) is 0 Å². The Hall–Kier alpha value is -2.61. The molecule has 0 aliphatic carbocycles. The number of amides is 3. The molecule has 0 bridgehead atoms. The van der Waals surface area contributed by atoms with E-state index in [0.29, 0.717) is 0 Å². The number of aliphatic hydroxyl groups is 1. The Labute approximate surface area is 146 Å². The van der Waals surface area contributed by atoms with Crippen LogP contribution in [0, 0.1) is 5.92 Å². The number of rotatable bonds is 6. The number of anilines is 1. The molecule has 1 aromatic carbocycles. The van der Waals surface area contributed by atoms with E-state index in [1.807, 2.05) is 30.3 Å². The van der Waals surface area contributed by atoms with E-state index >= 15 is 0 Å². The second kappa shape index (κ2) is 7.52. The maximum absolute atomic E-state index is 12.7. The number of primary amides is 1. The van der Waals surface area contributed by atoms with E-state index < -0.39 is 36.0 Å². The van der Waals surface area contributed by atoms with Crippen LogP contribution in [0.2, 0.25) is 0 Å². The highest BCUT2D eigenvalue weighted by molar-refractivity contribution is 5.97. The van der Waals surface area contributed by atoms with Gasteiger partial charge < -0.3 is 26.4 Å². The number of para-hydroxylation sites is 1. The summed E-state index contributed by atoms with van der Waals surface area (Å²) in [6.07, 6.45) is -1.11. The fraction of sp³-hybridized carbons (Fsp3) is 0.471. The number of nitrogens with two attached hydrogens (primary N) is 1. The van der Waals surface area contributed by atoms with E-state index in [1.165, 1.54) is 14.0 Å². The quantitative estimate of drug-likeness (QED) is 0.541. The third-order valence-corrected chi connectivity index (χ3v) is 4.51. The number of likely N-dealkylation sites (N-methyl/N-ethyl adjacent to an activating group) is 1. The molecule has 1 aliphatic rings. The maximum Gasteiger partial charge on any atom is 0.246 e. The molecule has 5 N–H and O–H groups in total. The largest absolute Gasteiger partial charge is 0.391 e. The topological polar surface area (TPSA) is 125 Å². The van der Waals surface area contributed by atoms with Crippen LogP contribution >= 0.6 is 0 Å². The molecule has 0 saturated carbocycles. The Morgan fingerprint density at radius 3 is 2.44 bits per heavy atom. The highest BCUT2D eigenvalue weighted by Gasteiger charge is 2.45. The zero-order chi connectivity index (χ0) is 18.7. The Kier molecular flexibility index (Phi) is 5.63. The number of carbonyl (C=O) groups is 3. The minimum absolute atomic E-state index is 0.296. The van der Waals surface area contributed by atoms with Crippen molar-refractivity contribution in [3.63, 3.8) is 0 Å². The van der Waals surface area contributed by atoms with Gasteiger partial charge in [0.25, 0.3) is 0 Å². The van der Waals surface area contributed by atoms with Gasteiger partial charge in [0.2, 0.25) is 17.7 Å². The van der Waals surface area contributed by atoms with Gasteiger partial charge in [0, 0.05) is 18.7 Å². The molecule has 25 heavy (non-hydrogen) atoms. The molecule has 1 heterocycles. The van der Waals surface area contributed by atoms with Gasteiger partial charge in [0.1, 0.15) is 18.1 Å². The second-order valence-corrected chi connectivity index (χ2v) is 6.37. The van der Waals surface area contributed by atoms with Crippen LogP contribution in [0.1, 0.15) is 13.8 Å². The summed E-state index contributed by atoms with van der Waals surface area (Å²) in [6.45, 7) is 3.16. The number of nitrogens with one attached hydrogen (secondary N) is 2. The van der Waals surface area contributed by atoms with Crippen molar-refractivity contribution in [1.29, 1.82) is 0 Å². The van der Waals surface area contributed by atoms with Crippen molar-refractivity contribution in [3.8, 4) is 0 Å². The number of hydrogen-bond donors (Lipinski definition) is 4. The average molecular weight is 348 g/mol. The van der Waals surface area contributed by atoms with E-state index in [4.69, 9.17) is 5.73 Å². The maximum atomic E-state index is 12.7. The number of aliphatic hydroxyl groups excluding tert-OH is 1. The molecule has 1 aromatic rings. The summed E-state index contributed by atoms with van der Waals surface area (Å²) in [5.41, 5.74) is 6.05. The molecule has 3 amide bonds. The summed E-state index contributed by atoms with van der Waals surface area (Å²) < 4.78 is 0. The van der Waals surface area contributed by atoms with Crippen molar-refractivity contribution < 1.29 is 19.5 Å². The Morgan fingerprint density at radius 2 is 1.92 bits per heavy atom. The molecule has 8 nitrogen and oxygen atoms in total. The molecule has 0 radical (unpaired) electrons. The van der Waals surface area contributed by atoms with E-state index in [-0.39, 0.29) is 11.8 Å². The predicted molar refractivity (Wildman–Crippen MR) is 92.4 cm³/mol. The molecule has 2 rings (SSSR count). The highest BCUT2D eigenvalue weighted by Crippen LogP contribution is 2.23. The first-order chi connectivity index (χ1) is 11.7. The first-order valence-corrected chi connectivity index (χ1v) is 8.10. The Bertz CT molecular complexity index is 649. The summed E-state index contributed by atoms with van der Waals surface area (Å²) in [6, 6.07) is 6.67. The number of benzene rings is 1. The zero-order valence-electron chi connectivity index (χ0n) is 14.5. The SMILES string of the molecule is CC1C(Nc2ccccc2)C(=O)NC1C(=O)N(C)[C@H](C(N)=O)[C@@H](C)O. The zero-order valence-corrected chi connectivity index (χ0v) is 14.5. The van der Waals surface area contributed by atoms with Gasteiger partial charge in [0.15, 0.2) is 0 Å². The van der Waals surface area contributed by atoms with Crippen molar-refractivity contribution in [1.82, 2.24) is 10.2 Å². The summed E-state index contributed by atoms with van der Waals surface area (Å²) in [4.78, 5) is 37.6. The van der Waals surface area contributed by atoms with Crippen LogP contribution in [0.5, 0.6) is 0 Å². The number of carbonyl (C=O) groups excluding carboxylic acids is 3. The van der Waals surface area contributed by atoms with E-state index in [1.54, 1.807) is 6.92 Å². The van der Waals surface area contributed by atoms with Gasteiger partial charge in [-0.2, -0.15) is 0 Å². The van der Waals surface area contributed by atoms with Crippen LogP contribution in [-0.4, -0.2) is 59.0 Å². The van der Waals surface area contributed by atoms with Gasteiger partial charge in [0.05, 0.1) is 6.10 Å². The van der Waals surface area contributed by atoms with E-state index in [2.05, 4.69) is 10.6 Å². The van der Waals surface area contributed by atoms with Crippen LogP contribution in [0.15, 0.2) is 30.3 Å². The lowest BCUT2D eigenvalue weighted by Gasteiger charge is -2.31. The van der Waals surface area contributed by atoms with Gasteiger partial charge in [-0.05, 0) is 19.1 Å². The number of hydrogen-bond acceptors (Lipinski definition) is 5. The predicted octanol–water partition coefficient (Wildman–Crippen LogP) is -0.705. The second-order valence-electron chi connectivity index (χ2n) is 6.37. The summed E-state index contributed by atoms with van der Waals surface area (Å²) in [5.74, 6) is -1.93.